The van der Waals surface area contributed by atoms with E-state index < -0.39 is 0 Å². The molecule has 0 spiro atoms. The molecule has 0 unspecified atom stereocenters. The maximum absolute atomic E-state index is 2.72. The van der Waals surface area contributed by atoms with Crippen molar-refractivity contribution in [2.75, 3.05) is 45.8 Å². The Morgan fingerprint density at radius 1 is 0.950 bits per heavy atom. The van der Waals surface area contributed by atoms with E-state index in [-0.39, 0.29) is 0 Å². The molecule has 2 aliphatic rings. The summed E-state index contributed by atoms with van der Waals surface area (Å²) in [6, 6.07) is 0.694. The average molecular weight is 281 g/mol. The minimum Gasteiger partial charge on any atom is -0.304 e. The number of rotatable bonds is 3. The Morgan fingerprint density at radius 2 is 1.60 bits per heavy atom. The zero-order valence-electron chi connectivity index (χ0n) is 14.4. The smallest absolute Gasteiger partial charge is 0.0200 e. The third-order valence-electron chi connectivity index (χ3n) is 5.24. The maximum atomic E-state index is 2.72. The molecule has 2 fully saturated rings. The summed E-state index contributed by atoms with van der Waals surface area (Å²) in [4.78, 5) is 7.99. The van der Waals surface area contributed by atoms with E-state index in [2.05, 4.69) is 49.3 Å². The number of piperazine rings is 1. The van der Waals surface area contributed by atoms with Gasteiger partial charge in [0, 0.05) is 37.8 Å². The molecule has 0 aliphatic carbocycles. The Hall–Kier alpha value is -0.120. The van der Waals surface area contributed by atoms with Gasteiger partial charge in [-0.3, -0.25) is 4.90 Å². The number of likely N-dealkylation sites (tertiary alicyclic amines) is 1. The van der Waals surface area contributed by atoms with Crippen LogP contribution >= 0.6 is 0 Å². The molecule has 0 aromatic carbocycles. The van der Waals surface area contributed by atoms with Crippen molar-refractivity contribution in [3.8, 4) is 0 Å². The molecule has 0 radical (unpaired) electrons. The molecule has 0 N–H and O–H groups in total. The van der Waals surface area contributed by atoms with Crippen LogP contribution in [0, 0.1) is 5.92 Å². The molecular formula is C17H35N3. The Morgan fingerprint density at radius 3 is 2.10 bits per heavy atom. The molecule has 2 saturated heterocycles. The largest absolute Gasteiger partial charge is 0.304 e. The van der Waals surface area contributed by atoms with Gasteiger partial charge >= 0.3 is 0 Å². The van der Waals surface area contributed by atoms with Crippen molar-refractivity contribution < 1.29 is 0 Å². The van der Waals surface area contributed by atoms with Crippen LogP contribution in [0.3, 0.4) is 0 Å². The van der Waals surface area contributed by atoms with Crippen molar-refractivity contribution in [2.24, 2.45) is 5.92 Å². The van der Waals surface area contributed by atoms with Crippen LogP contribution in [0.1, 0.15) is 47.5 Å². The first-order chi connectivity index (χ1) is 9.40. The Labute approximate surface area is 126 Å². The SMILES string of the molecule is CCN1CCC(CN2CCN(C(C)(C)C)[C@H](C)C2)CC1. The molecule has 0 aromatic rings. The normalized spacial score (nSPS) is 28.9. The van der Waals surface area contributed by atoms with E-state index in [1.54, 1.807) is 0 Å². The molecule has 3 heteroatoms. The second-order valence-corrected chi connectivity index (χ2v) is 7.85. The van der Waals surface area contributed by atoms with Crippen LogP contribution < -0.4 is 0 Å². The molecule has 0 bridgehead atoms. The molecular weight excluding hydrogens is 246 g/mol. The van der Waals surface area contributed by atoms with Crippen molar-refractivity contribution in [1.29, 1.82) is 0 Å². The van der Waals surface area contributed by atoms with Gasteiger partial charge in [0.25, 0.3) is 0 Å². The van der Waals surface area contributed by atoms with Gasteiger partial charge in [-0.2, -0.15) is 0 Å². The van der Waals surface area contributed by atoms with Crippen LogP contribution in [-0.4, -0.2) is 72.1 Å². The van der Waals surface area contributed by atoms with Crippen LogP contribution in [0.25, 0.3) is 0 Å². The van der Waals surface area contributed by atoms with Crippen LogP contribution in [-0.2, 0) is 0 Å². The molecule has 0 amide bonds. The summed E-state index contributed by atoms with van der Waals surface area (Å²) in [6.45, 7) is 20.7. The Balaban J connectivity index is 1.76. The minimum atomic E-state index is 0.317. The van der Waals surface area contributed by atoms with Gasteiger partial charge in [-0.15, -0.1) is 0 Å². The summed E-state index contributed by atoms with van der Waals surface area (Å²) in [5, 5.41) is 0. The fourth-order valence-electron chi connectivity index (χ4n) is 4.05. The van der Waals surface area contributed by atoms with Crippen LogP contribution in [0.2, 0.25) is 0 Å². The lowest BCUT2D eigenvalue weighted by atomic mass is 9.95. The summed E-state index contributed by atoms with van der Waals surface area (Å²) in [5.41, 5.74) is 0.317. The minimum absolute atomic E-state index is 0.317. The van der Waals surface area contributed by atoms with Gasteiger partial charge in [0.15, 0.2) is 0 Å². The molecule has 0 aromatic heterocycles. The summed E-state index contributed by atoms with van der Waals surface area (Å²) < 4.78 is 0. The summed E-state index contributed by atoms with van der Waals surface area (Å²) in [7, 11) is 0. The van der Waals surface area contributed by atoms with Gasteiger partial charge in [0.05, 0.1) is 0 Å². The van der Waals surface area contributed by atoms with Gasteiger partial charge in [-0.05, 0) is 66.1 Å². The molecule has 1 atom stereocenters. The van der Waals surface area contributed by atoms with E-state index in [1.165, 1.54) is 58.7 Å². The Bertz CT molecular complexity index is 289. The highest BCUT2D eigenvalue weighted by Gasteiger charge is 2.32. The summed E-state index contributed by atoms with van der Waals surface area (Å²) in [6.07, 6.45) is 2.81. The van der Waals surface area contributed by atoms with Crippen molar-refractivity contribution in [3.63, 3.8) is 0 Å². The van der Waals surface area contributed by atoms with Crippen molar-refractivity contribution in [2.45, 2.75) is 59.0 Å². The van der Waals surface area contributed by atoms with Gasteiger partial charge in [0.1, 0.15) is 0 Å². The molecule has 3 nitrogen and oxygen atoms in total. The van der Waals surface area contributed by atoms with Crippen molar-refractivity contribution >= 4 is 0 Å². The molecule has 0 saturated carbocycles. The number of piperidine rings is 1. The number of hydrogen-bond donors (Lipinski definition) is 0. The first-order valence-corrected chi connectivity index (χ1v) is 8.61. The second-order valence-electron chi connectivity index (χ2n) is 7.85. The lowest BCUT2D eigenvalue weighted by molar-refractivity contribution is 0.00874. The van der Waals surface area contributed by atoms with Crippen LogP contribution in [0.5, 0.6) is 0 Å². The lowest BCUT2D eigenvalue weighted by Gasteiger charge is -2.47. The van der Waals surface area contributed by atoms with E-state index in [0.29, 0.717) is 11.6 Å². The predicted molar refractivity (Wildman–Crippen MR) is 87.2 cm³/mol. The summed E-state index contributed by atoms with van der Waals surface area (Å²) >= 11 is 0. The van der Waals surface area contributed by atoms with Gasteiger partial charge < -0.3 is 9.80 Å². The third-order valence-corrected chi connectivity index (χ3v) is 5.24. The average Bonchev–Trinajstić information content (AvgIpc) is 2.38. The highest BCUT2D eigenvalue weighted by molar-refractivity contribution is 4.88. The second kappa shape index (κ2) is 6.76. The zero-order valence-corrected chi connectivity index (χ0v) is 14.4. The highest BCUT2D eigenvalue weighted by atomic mass is 15.3. The fraction of sp³-hybridized carbons (Fsp3) is 1.00. The predicted octanol–water partition coefficient (Wildman–Crippen LogP) is 2.52. The number of hydrogen-bond acceptors (Lipinski definition) is 3. The van der Waals surface area contributed by atoms with E-state index in [9.17, 15) is 0 Å². The van der Waals surface area contributed by atoms with E-state index in [0.717, 1.165) is 5.92 Å². The molecule has 2 heterocycles. The van der Waals surface area contributed by atoms with E-state index in [1.807, 2.05) is 0 Å². The van der Waals surface area contributed by atoms with E-state index in [4.69, 9.17) is 0 Å². The fourth-order valence-corrected chi connectivity index (χ4v) is 4.05. The molecule has 118 valence electrons. The molecule has 2 aliphatic heterocycles. The van der Waals surface area contributed by atoms with E-state index >= 15 is 0 Å². The van der Waals surface area contributed by atoms with Crippen LogP contribution in [0.4, 0.5) is 0 Å². The maximum Gasteiger partial charge on any atom is 0.0200 e. The first-order valence-electron chi connectivity index (χ1n) is 8.61. The van der Waals surface area contributed by atoms with Gasteiger partial charge in [-0.1, -0.05) is 6.92 Å². The van der Waals surface area contributed by atoms with Gasteiger partial charge in [-0.25, -0.2) is 0 Å². The van der Waals surface area contributed by atoms with Crippen LogP contribution in [0.15, 0.2) is 0 Å². The topological polar surface area (TPSA) is 9.72 Å². The quantitative estimate of drug-likeness (QED) is 0.787. The molecule has 2 rings (SSSR count). The number of nitrogens with zero attached hydrogens (tertiary/aromatic N) is 3. The standard InChI is InChI=1S/C17H35N3/c1-6-18-9-7-16(8-10-18)14-19-11-12-20(15(2)13-19)17(3,4)5/h15-16H,6-14H2,1-5H3/t15-/m1/s1. The van der Waals surface area contributed by atoms with Crippen molar-refractivity contribution in [3.05, 3.63) is 0 Å². The molecule has 20 heavy (non-hydrogen) atoms. The van der Waals surface area contributed by atoms with Crippen molar-refractivity contribution in [1.82, 2.24) is 14.7 Å². The first kappa shape index (κ1) is 16.3. The van der Waals surface area contributed by atoms with Gasteiger partial charge in [0.2, 0.25) is 0 Å². The lowest BCUT2D eigenvalue weighted by Crippen LogP contribution is -2.58. The summed E-state index contributed by atoms with van der Waals surface area (Å²) in [5.74, 6) is 0.936. The Kier molecular flexibility index (Phi) is 5.49. The monoisotopic (exact) mass is 281 g/mol. The zero-order chi connectivity index (χ0) is 14.8. The highest BCUT2D eigenvalue weighted by Crippen LogP contribution is 2.23. The third kappa shape index (κ3) is 4.19.